The molecule has 2 aromatic rings. The smallest absolute Gasteiger partial charge is 0.275 e. The molecule has 1 unspecified atom stereocenters. The van der Waals surface area contributed by atoms with Gasteiger partial charge in [0.2, 0.25) is 0 Å². The molecule has 1 fully saturated rings. The second kappa shape index (κ2) is 4.67. The first-order valence-corrected chi connectivity index (χ1v) is 6.33. The number of nitrogens with one attached hydrogen (secondary N) is 3. The molecular formula is C12H16N4O4. The summed E-state index contributed by atoms with van der Waals surface area (Å²) in [5.74, 6) is 0. The lowest BCUT2D eigenvalue weighted by atomic mass is 10.0. The van der Waals surface area contributed by atoms with Crippen LogP contribution in [0.5, 0.6) is 0 Å². The Kier molecular flexibility index (Phi) is 3.09. The van der Waals surface area contributed by atoms with E-state index in [0.29, 0.717) is 22.3 Å². The van der Waals surface area contributed by atoms with Crippen LogP contribution in [0.2, 0.25) is 0 Å². The minimum Gasteiger partial charge on any atom is -0.395 e. The SMILES string of the molecule is Cc1[nH]c2c(=O)[nH]cnc2c1C1N[C@H](CO)[C@@H](O)[C@H]1O. The quantitative estimate of drug-likeness (QED) is 0.388. The third-order valence-corrected chi connectivity index (χ3v) is 3.83. The molecule has 1 aliphatic heterocycles. The van der Waals surface area contributed by atoms with Crippen LogP contribution in [-0.4, -0.2) is 55.1 Å². The van der Waals surface area contributed by atoms with Crippen molar-refractivity contribution in [3.63, 3.8) is 0 Å². The number of hydrogen-bond acceptors (Lipinski definition) is 6. The minimum absolute atomic E-state index is 0.288. The normalized spacial score (nSPS) is 30.2. The van der Waals surface area contributed by atoms with Gasteiger partial charge in [0.05, 0.1) is 31.1 Å². The summed E-state index contributed by atoms with van der Waals surface area (Å²) in [4.78, 5) is 21.3. The summed E-state index contributed by atoms with van der Waals surface area (Å²) in [6.45, 7) is 1.48. The van der Waals surface area contributed by atoms with E-state index in [-0.39, 0.29) is 12.2 Å². The van der Waals surface area contributed by atoms with Crippen LogP contribution < -0.4 is 10.9 Å². The first-order chi connectivity index (χ1) is 9.54. The zero-order chi connectivity index (χ0) is 14.4. The van der Waals surface area contributed by atoms with Crippen molar-refractivity contribution < 1.29 is 15.3 Å². The molecule has 3 rings (SSSR count). The summed E-state index contributed by atoms with van der Waals surface area (Å²) >= 11 is 0. The summed E-state index contributed by atoms with van der Waals surface area (Å²) in [5.41, 5.74) is 1.81. The fourth-order valence-corrected chi connectivity index (χ4v) is 2.81. The van der Waals surface area contributed by atoms with Gasteiger partial charge < -0.3 is 30.6 Å². The fraction of sp³-hybridized carbons (Fsp3) is 0.500. The molecule has 8 nitrogen and oxygen atoms in total. The van der Waals surface area contributed by atoms with Crippen molar-refractivity contribution in [1.29, 1.82) is 0 Å². The summed E-state index contributed by atoms with van der Waals surface area (Å²) in [7, 11) is 0. The van der Waals surface area contributed by atoms with Gasteiger partial charge in [0.15, 0.2) is 0 Å². The van der Waals surface area contributed by atoms with Crippen molar-refractivity contribution >= 4 is 11.0 Å². The third kappa shape index (κ3) is 1.77. The van der Waals surface area contributed by atoms with E-state index >= 15 is 0 Å². The number of aromatic amines is 2. The molecule has 4 atom stereocenters. The van der Waals surface area contributed by atoms with Crippen LogP contribution >= 0.6 is 0 Å². The molecule has 0 spiro atoms. The zero-order valence-corrected chi connectivity index (χ0v) is 10.8. The number of rotatable bonds is 2. The highest BCUT2D eigenvalue weighted by Crippen LogP contribution is 2.32. The number of aromatic nitrogens is 3. The molecule has 6 N–H and O–H groups in total. The number of aryl methyl sites for hydroxylation is 1. The highest BCUT2D eigenvalue weighted by molar-refractivity contribution is 5.80. The minimum atomic E-state index is -1.08. The lowest BCUT2D eigenvalue weighted by Crippen LogP contribution is -2.35. The molecule has 20 heavy (non-hydrogen) atoms. The topological polar surface area (TPSA) is 134 Å². The molecule has 2 aromatic heterocycles. The van der Waals surface area contributed by atoms with Gasteiger partial charge in [-0.25, -0.2) is 4.98 Å². The van der Waals surface area contributed by atoms with E-state index in [4.69, 9.17) is 0 Å². The number of hydrogen-bond donors (Lipinski definition) is 6. The Morgan fingerprint density at radius 2 is 2.10 bits per heavy atom. The molecule has 0 aliphatic carbocycles. The van der Waals surface area contributed by atoms with Crippen LogP contribution in [-0.2, 0) is 0 Å². The van der Waals surface area contributed by atoms with Gasteiger partial charge in [0.25, 0.3) is 5.56 Å². The predicted octanol–water partition coefficient (Wildman–Crippen LogP) is -1.71. The van der Waals surface area contributed by atoms with Crippen LogP contribution in [0.3, 0.4) is 0 Å². The maximum absolute atomic E-state index is 11.7. The van der Waals surface area contributed by atoms with Crippen LogP contribution in [0, 0.1) is 6.92 Å². The molecule has 3 heterocycles. The Morgan fingerprint density at radius 1 is 1.35 bits per heavy atom. The molecule has 0 bridgehead atoms. The van der Waals surface area contributed by atoms with Crippen LogP contribution in [0.4, 0.5) is 0 Å². The van der Waals surface area contributed by atoms with E-state index in [0.717, 1.165) is 0 Å². The van der Waals surface area contributed by atoms with Crippen LogP contribution in [0.25, 0.3) is 11.0 Å². The van der Waals surface area contributed by atoms with E-state index < -0.39 is 24.3 Å². The second-order valence-corrected chi connectivity index (χ2v) is 5.03. The van der Waals surface area contributed by atoms with Crippen LogP contribution in [0.1, 0.15) is 17.3 Å². The van der Waals surface area contributed by atoms with Crippen molar-refractivity contribution in [2.75, 3.05) is 6.61 Å². The van der Waals surface area contributed by atoms with Gasteiger partial charge in [0, 0.05) is 11.3 Å². The Hall–Kier alpha value is -1.74. The van der Waals surface area contributed by atoms with Gasteiger partial charge in [-0.15, -0.1) is 0 Å². The summed E-state index contributed by atoms with van der Waals surface area (Å²) < 4.78 is 0. The number of fused-ring (bicyclic) bond motifs is 1. The van der Waals surface area contributed by atoms with Crippen molar-refractivity contribution in [1.82, 2.24) is 20.3 Å². The molecule has 0 aromatic carbocycles. The maximum atomic E-state index is 11.7. The number of nitrogens with zero attached hydrogens (tertiary/aromatic N) is 1. The van der Waals surface area contributed by atoms with E-state index in [1.165, 1.54) is 6.33 Å². The highest BCUT2D eigenvalue weighted by Gasteiger charge is 2.43. The lowest BCUT2D eigenvalue weighted by Gasteiger charge is -2.16. The Bertz CT molecular complexity index is 694. The van der Waals surface area contributed by atoms with E-state index in [1.807, 2.05) is 0 Å². The molecular weight excluding hydrogens is 264 g/mol. The number of H-pyrrole nitrogens is 2. The van der Waals surface area contributed by atoms with Gasteiger partial charge in [0.1, 0.15) is 17.1 Å². The molecule has 0 saturated carbocycles. The Morgan fingerprint density at radius 3 is 2.75 bits per heavy atom. The first-order valence-electron chi connectivity index (χ1n) is 6.33. The summed E-state index contributed by atoms with van der Waals surface area (Å²) in [6, 6.07) is -1.20. The predicted molar refractivity (Wildman–Crippen MR) is 70.2 cm³/mol. The average molecular weight is 280 g/mol. The van der Waals surface area contributed by atoms with E-state index in [1.54, 1.807) is 6.92 Å². The molecule has 0 amide bonds. The molecule has 1 aliphatic rings. The van der Waals surface area contributed by atoms with Crippen molar-refractivity contribution in [2.45, 2.75) is 31.2 Å². The third-order valence-electron chi connectivity index (χ3n) is 3.83. The van der Waals surface area contributed by atoms with E-state index in [9.17, 15) is 20.1 Å². The monoisotopic (exact) mass is 280 g/mol. The molecule has 8 heteroatoms. The average Bonchev–Trinajstić information content (AvgIpc) is 2.90. The number of aliphatic hydroxyl groups is 3. The van der Waals surface area contributed by atoms with Gasteiger partial charge in [-0.1, -0.05) is 0 Å². The lowest BCUT2D eigenvalue weighted by molar-refractivity contribution is 0.0195. The Balaban J connectivity index is 2.14. The molecule has 108 valence electrons. The highest BCUT2D eigenvalue weighted by atomic mass is 16.3. The number of aliphatic hydroxyl groups excluding tert-OH is 3. The van der Waals surface area contributed by atoms with Gasteiger partial charge >= 0.3 is 0 Å². The van der Waals surface area contributed by atoms with Crippen LogP contribution in [0.15, 0.2) is 11.1 Å². The summed E-state index contributed by atoms with van der Waals surface area (Å²) in [5, 5.41) is 32.2. The zero-order valence-electron chi connectivity index (χ0n) is 10.8. The second-order valence-electron chi connectivity index (χ2n) is 5.03. The van der Waals surface area contributed by atoms with Crippen molar-refractivity contribution in [3.05, 3.63) is 27.9 Å². The fourth-order valence-electron chi connectivity index (χ4n) is 2.81. The molecule has 1 saturated heterocycles. The summed E-state index contributed by atoms with van der Waals surface area (Å²) in [6.07, 6.45) is -0.856. The van der Waals surface area contributed by atoms with Crippen molar-refractivity contribution in [2.24, 2.45) is 0 Å². The largest absolute Gasteiger partial charge is 0.395 e. The maximum Gasteiger partial charge on any atom is 0.275 e. The standard InChI is InChI=1S/C12H16N4O4/c1-4-6(7-9(15-4)12(20)14-3-13-7)8-11(19)10(18)5(2-17)16-8/h3,5,8,10-11,15-19H,2H2,1H3,(H,13,14,20)/t5-,8?,10-,11+/m1/s1. The first kappa shape index (κ1) is 13.3. The van der Waals surface area contributed by atoms with Gasteiger partial charge in [-0.05, 0) is 6.92 Å². The van der Waals surface area contributed by atoms with Gasteiger partial charge in [-0.2, -0.15) is 0 Å². The van der Waals surface area contributed by atoms with E-state index in [2.05, 4.69) is 20.3 Å². The Labute approximate surface area is 113 Å². The van der Waals surface area contributed by atoms with Gasteiger partial charge in [-0.3, -0.25) is 4.79 Å². The molecule has 0 radical (unpaired) electrons. The van der Waals surface area contributed by atoms with Crippen molar-refractivity contribution in [3.8, 4) is 0 Å².